The fraction of sp³-hybridized carbons (Fsp3) is 0. The lowest BCUT2D eigenvalue weighted by Gasteiger charge is -2.13. The van der Waals surface area contributed by atoms with E-state index in [0.29, 0.717) is 17.5 Å². The van der Waals surface area contributed by atoms with Gasteiger partial charge < -0.3 is 0 Å². The molecule has 0 atom stereocenters. The topological polar surface area (TPSA) is 51.6 Å². The Kier molecular flexibility index (Phi) is 5.26. The molecule has 7 aromatic rings. The number of hydrogen-bond acceptors (Lipinski definition) is 5. The highest BCUT2D eigenvalue weighted by Gasteiger charge is 2.16. The molecule has 0 fully saturated rings. The molecular weight excluding hydrogens is 472 g/mol. The molecule has 2 heterocycles. The summed E-state index contributed by atoms with van der Waals surface area (Å²) in [5, 5.41) is 2.26. The quantitative estimate of drug-likeness (QED) is 0.248. The second-order valence-corrected chi connectivity index (χ2v) is 9.61. The number of hydrogen-bond donors (Lipinski definition) is 0. The van der Waals surface area contributed by atoms with Gasteiger partial charge in [0.25, 0.3) is 0 Å². The Morgan fingerprint density at radius 2 is 1.00 bits per heavy atom. The maximum absolute atomic E-state index is 4.96. The lowest BCUT2D eigenvalue weighted by molar-refractivity contribution is 1.08. The summed E-state index contributed by atoms with van der Waals surface area (Å²) in [7, 11) is 0. The van der Waals surface area contributed by atoms with Crippen LogP contribution in [0.25, 0.3) is 66.3 Å². The molecule has 0 saturated heterocycles. The van der Waals surface area contributed by atoms with Crippen LogP contribution in [0.3, 0.4) is 0 Å². The van der Waals surface area contributed by atoms with E-state index < -0.39 is 0 Å². The smallest absolute Gasteiger partial charge is 0.164 e. The predicted molar refractivity (Wildman–Crippen MR) is 152 cm³/mol. The van der Waals surface area contributed by atoms with Crippen molar-refractivity contribution in [1.29, 1.82) is 0 Å². The first kappa shape index (κ1) is 21.5. The van der Waals surface area contributed by atoms with E-state index >= 15 is 0 Å². The minimum absolute atomic E-state index is 0.659. The van der Waals surface area contributed by atoms with Crippen molar-refractivity contribution < 1.29 is 0 Å². The first-order valence-electron chi connectivity index (χ1n) is 12.1. The van der Waals surface area contributed by atoms with Gasteiger partial charge in [0.05, 0.1) is 15.7 Å². The van der Waals surface area contributed by atoms with Crippen molar-refractivity contribution in [1.82, 2.24) is 19.9 Å². The summed E-state index contributed by atoms with van der Waals surface area (Å²) >= 11 is 1.67. The monoisotopic (exact) mass is 492 g/mol. The van der Waals surface area contributed by atoms with Crippen LogP contribution in [0.2, 0.25) is 0 Å². The Labute approximate surface area is 218 Å². The highest BCUT2D eigenvalue weighted by Crippen LogP contribution is 2.39. The summed E-state index contributed by atoms with van der Waals surface area (Å²) in [5.74, 6) is 1.98. The second kappa shape index (κ2) is 9.04. The van der Waals surface area contributed by atoms with Crippen molar-refractivity contribution in [3.8, 4) is 45.3 Å². The number of aromatic nitrogens is 4. The molecule has 5 aromatic carbocycles. The summed E-state index contributed by atoms with van der Waals surface area (Å²) in [6.45, 7) is 0. The normalized spacial score (nSPS) is 11.2. The summed E-state index contributed by atoms with van der Waals surface area (Å²) in [6.07, 6.45) is 0. The zero-order valence-electron chi connectivity index (χ0n) is 19.7. The lowest BCUT2D eigenvalue weighted by Crippen LogP contribution is -2.00. The van der Waals surface area contributed by atoms with Crippen molar-refractivity contribution in [2.45, 2.75) is 0 Å². The van der Waals surface area contributed by atoms with Crippen molar-refractivity contribution in [3.05, 3.63) is 121 Å². The predicted octanol–water partition coefficient (Wildman–Crippen LogP) is 8.30. The summed E-state index contributed by atoms with van der Waals surface area (Å²) in [4.78, 5) is 19.3. The Morgan fingerprint density at radius 3 is 1.68 bits per heavy atom. The van der Waals surface area contributed by atoms with E-state index in [-0.39, 0.29) is 0 Å². The molecule has 7 rings (SSSR count). The fourth-order valence-corrected chi connectivity index (χ4v) is 5.57. The van der Waals surface area contributed by atoms with Gasteiger partial charge >= 0.3 is 0 Å². The molecule has 0 aliphatic heterocycles. The minimum atomic E-state index is 0.659. The second-order valence-electron chi connectivity index (χ2n) is 8.75. The molecule has 0 aliphatic carbocycles. The molecule has 37 heavy (non-hydrogen) atoms. The SMILES string of the molecule is c1ccc(-c2nc(-c3ccccc3)nc(-c3ccc(-c4cccc5ncsc45)c4ccccc34)n2)cc1. The third kappa shape index (κ3) is 3.86. The molecule has 4 nitrogen and oxygen atoms in total. The number of thiazole rings is 1. The standard InChI is InChI=1S/C32H20N4S/c1-3-10-21(11-4-1)30-34-31(22-12-5-2-6-13-22)36-32(35-30)27-19-18-25(23-14-7-8-15-24(23)27)26-16-9-17-28-29(26)37-20-33-28/h1-20H. The molecule has 0 aliphatic rings. The molecule has 0 saturated carbocycles. The van der Waals surface area contributed by atoms with Crippen molar-refractivity contribution in [2.24, 2.45) is 0 Å². The van der Waals surface area contributed by atoms with E-state index in [1.807, 2.05) is 66.2 Å². The Morgan fingerprint density at radius 1 is 0.432 bits per heavy atom. The summed E-state index contributed by atoms with van der Waals surface area (Å²) in [6, 6.07) is 39.2. The fourth-order valence-electron chi connectivity index (χ4n) is 4.76. The van der Waals surface area contributed by atoms with Gasteiger partial charge in [0.2, 0.25) is 0 Å². The Bertz CT molecular complexity index is 1820. The van der Waals surface area contributed by atoms with Crippen LogP contribution >= 0.6 is 11.3 Å². The van der Waals surface area contributed by atoms with E-state index in [2.05, 4.69) is 59.6 Å². The summed E-state index contributed by atoms with van der Waals surface area (Å²) in [5.41, 5.74) is 8.19. The van der Waals surface area contributed by atoms with Crippen LogP contribution in [0.15, 0.2) is 121 Å². The van der Waals surface area contributed by atoms with Crippen LogP contribution in [-0.2, 0) is 0 Å². The van der Waals surface area contributed by atoms with Crippen LogP contribution < -0.4 is 0 Å². The first-order chi connectivity index (χ1) is 18.3. The maximum Gasteiger partial charge on any atom is 0.164 e. The minimum Gasteiger partial charge on any atom is -0.245 e. The maximum atomic E-state index is 4.96. The van der Waals surface area contributed by atoms with Crippen LogP contribution in [-0.4, -0.2) is 19.9 Å². The van der Waals surface area contributed by atoms with E-state index in [1.54, 1.807) is 11.3 Å². The zero-order chi connectivity index (χ0) is 24.6. The van der Waals surface area contributed by atoms with Gasteiger partial charge in [0.1, 0.15) is 0 Å². The molecule has 0 spiro atoms. The molecule has 174 valence electrons. The van der Waals surface area contributed by atoms with E-state index in [4.69, 9.17) is 15.0 Å². The molecule has 0 radical (unpaired) electrons. The van der Waals surface area contributed by atoms with Gasteiger partial charge in [0, 0.05) is 22.3 Å². The van der Waals surface area contributed by atoms with Gasteiger partial charge in [-0.2, -0.15) is 0 Å². The van der Waals surface area contributed by atoms with Crippen LogP contribution in [0.4, 0.5) is 0 Å². The average Bonchev–Trinajstić information content (AvgIpc) is 3.47. The molecule has 5 heteroatoms. The lowest BCUT2D eigenvalue weighted by atomic mass is 9.94. The molecule has 0 amide bonds. The van der Waals surface area contributed by atoms with Gasteiger partial charge in [-0.05, 0) is 28.5 Å². The zero-order valence-corrected chi connectivity index (χ0v) is 20.6. The van der Waals surface area contributed by atoms with E-state index in [0.717, 1.165) is 33.0 Å². The average molecular weight is 493 g/mol. The number of rotatable bonds is 4. The van der Waals surface area contributed by atoms with E-state index in [1.165, 1.54) is 15.8 Å². The number of benzene rings is 5. The van der Waals surface area contributed by atoms with Crippen molar-refractivity contribution >= 4 is 32.3 Å². The molecular formula is C32H20N4S. The van der Waals surface area contributed by atoms with Gasteiger partial charge in [0.15, 0.2) is 17.5 Å². The van der Waals surface area contributed by atoms with Gasteiger partial charge in [-0.25, -0.2) is 19.9 Å². The van der Waals surface area contributed by atoms with Crippen LogP contribution in [0.5, 0.6) is 0 Å². The Balaban J connectivity index is 1.47. The molecule has 0 unspecified atom stereocenters. The molecule has 0 bridgehead atoms. The molecule has 0 N–H and O–H groups in total. The first-order valence-corrected chi connectivity index (χ1v) is 12.9. The van der Waals surface area contributed by atoms with Gasteiger partial charge in [-0.15, -0.1) is 11.3 Å². The highest BCUT2D eigenvalue weighted by atomic mass is 32.1. The van der Waals surface area contributed by atoms with Crippen LogP contribution in [0.1, 0.15) is 0 Å². The number of fused-ring (bicyclic) bond motifs is 2. The number of nitrogens with zero attached hydrogens (tertiary/aromatic N) is 4. The summed E-state index contributed by atoms with van der Waals surface area (Å²) < 4.78 is 1.19. The van der Waals surface area contributed by atoms with Crippen molar-refractivity contribution in [2.75, 3.05) is 0 Å². The van der Waals surface area contributed by atoms with Gasteiger partial charge in [-0.3, -0.25) is 0 Å². The van der Waals surface area contributed by atoms with Crippen molar-refractivity contribution in [3.63, 3.8) is 0 Å². The molecule has 2 aromatic heterocycles. The Hall–Kier alpha value is -4.74. The van der Waals surface area contributed by atoms with Crippen LogP contribution in [0, 0.1) is 0 Å². The van der Waals surface area contributed by atoms with Gasteiger partial charge in [-0.1, -0.05) is 103 Å². The third-order valence-corrected chi connectivity index (χ3v) is 7.39. The highest BCUT2D eigenvalue weighted by molar-refractivity contribution is 7.17. The largest absolute Gasteiger partial charge is 0.245 e. The van der Waals surface area contributed by atoms with E-state index in [9.17, 15) is 0 Å². The third-order valence-electron chi connectivity index (χ3n) is 6.51.